The molecule has 2 amide bonds. The Labute approximate surface area is 141 Å². The molecule has 0 unspecified atom stereocenters. The van der Waals surface area contributed by atoms with Crippen molar-refractivity contribution in [1.29, 1.82) is 0 Å². The van der Waals surface area contributed by atoms with E-state index < -0.39 is 0 Å². The summed E-state index contributed by atoms with van der Waals surface area (Å²) in [5.41, 5.74) is 0.788. The number of hydrogen-bond acceptors (Lipinski definition) is 3. The molecule has 1 atom stereocenters. The van der Waals surface area contributed by atoms with Gasteiger partial charge in [-0.2, -0.15) is 0 Å². The van der Waals surface area contributed by atoms with Crippen LogP contribution >= 0.6 is 11.3 Å². The molecule has 0 bridgehead atoms. The van der Waals surface area contributed by atoms with Crippen LogP contribution in [-0.4, -0.2) is 30.8 Å². The second-order valence-electron chi connectivity index (χ2n) is 6.07. The van der Waals surface area contributed by atoms with Crippen molar-refractivity contribution in [3.05, 3.63) is 58.3 Å². The maximum Gasteiger partial charge on any atom is 0.314 e. The standard InChI is InChI=1S/C18H24N2O2S/c1-18(14-21,12-15-6-3-2-4-7-15)13-20-17(22)19-10-9-16-8-5-11-23-16/h2-8,11,21H,9-10,12-14H2,1H3,(H2,19,20,22)/t18-/m1/s1. The van der Waals surface area contributed by atoms with Crippen LogP contribution < -0.4 is 10.6 Å². The average Bonchev–Trinajstić information content (AvgIpc) is 3.07. The van der Waals surface area contributed by atoms with Gasteiger partial charge in [0.15, 0.2) is 0 Å². The third-order valence-corrected chi connectivity index (χ3v) is 4.70. The Hall–Kier alpha value is -1.85. The van der Waals surface area contributed by atoms with E-state index in [1.165, 1.54) is 4.88 Å². The number of carbonyl (C=O) groups is 1. The Balaban J connectivity index is 1.74. The molecule has 1 aromatic carbocycles. The van der Waals surface area contributed by atoms with Crippen molar-refractivity contribution < 1.29 is 9.90 Å². The maximum absolute atomic E-state index is 11.9. The Bertz CT molecular complexity index is 586. The zero-order valence-electron chi connectivity index (χ0n) is 13.4. The average molecular weight is 332 g/mol. The molecule has 1 aromatic heterocycles. The van der Waals surface area contributed by atoms with Crippen molar-refractivity contribution in [2.45, 2.75) is 19.8 Å². The van der Waals surface area contributed by atoms with Gasteiger partial charge < -0.3 is 15.7 Å². The molecule has 2 rings (SSSR count). The summed E-state index contributed by atoms with van der Waals surface area (Å²) in [6.45, 7) is 3.05. The molecule has 0 spiro atoms. The Morgan fingerprint density at radius 3 is 2.61 bits per heavy atom. The molecule has 0 saturated heterocycles. The fraction of sp³-hybridized carbons (Fsp3) is 0.389. The van der Waals surface area contributed by atoms with Crippen molar-refractivity contribution in [2.75, 3.05) is 19.7 Å². The normalized spacial score (nSPS) is 13.3. The minimum atomic E-state index is -0.369. The zero-order chi connectivity index (χ0) is 16.5. The molecule has 0 fully saturated rings. The van der Waals surface area contributed by atoms with E-state index in [1.807, 2.05) is 48.7 Å². The van der Waals surface area contributed by atoms with Gasteiger partial charge in [0.25, 0.3) is 0 Å². The van der Waals surface area contributed by atoms with Gasteiger partial charge in [-0.1, -0.05) is 43.3 Å². The van der Waals surface area contributed by atoms with Gasteiger partial charge in [-0.05, 0) is 29.9 Å². The SMILES string of the molecule is C[C@](CO)(CNC(=O)NCCc1cccs1)Cc1ccccc1. The van der Waals surface area contributed by atoms with Crippen LogP contribution in [0.3, 0.4) is 0 Å². The fourth-order valence-electron chi connectivity index (χ4n) is 2.37. The molecule has 1 heterocycles. The van der Waals surface area contributed by atoms with E-state index in [-0.39, 0.29) is 18.1 Å². The van der Waals surface area contributed by atoms with E-state index in [0.29, 0.717) is 13.1 Å². The number of aliphatic hydroxyl groups is 1. The first-order valence-corrected chi connectivity index (χ1v) is 8.68. The van der Waals surface area contributed by atoms with Crippen molar-refractivity contribution in [1.82, 2.24) is 10.6 Å². The number of nitrogens with one attached hydrogen (secondary N) is 2. The molecule has 0 radical (unpaired) electrons. The van der Waals surface area contributed by atoms with Crippen LogP contribution in [0.2, 0.25) is 0 Å². The molecule has 0 saturated carbocycles. The third kappa shape index (κ3) is 6.04. The summed E-state index contributed by atoms with van der Waals surface area (Å²) in [5.74, 6) is 0. The van der Waals surface area contributed by atoms with Crippen molar-refractivity contribution in [3.8, 4) is 0 Å². The first-order valence-electron chi connectivity index (χ1n) is 7.80. The van der Waals surface area contributed by atoms with E-state index in [0.717, 1.165) is 18.4 Å². The lowest BCUT2D eigenvalue weighted by Crippen LogP contribution is -2.44. The number of hydrogen-bond donors (Lipinski definition) is 3. The van der Waals surface area contributed by atoms with Gasteiger partial charge in [0.2, 0.25) is 0 Å². The molecule has 0 aliphatic heterocycles. The predicted octanol–water partition coefficient (Wildman–Crippen LogP) is 2.83. The second-order valence-corrected chi connectivity index (χ2v) is 7.10. The summed E-state index contributed by atoms with van der Waals surface area (Å²) in [5, 5.41) is 17.4. The molecule has 0 aliphatic carbocycles. The van der Waals surface area contributed by atoms with Crippen LogP contribution in [0.25, 0.3) is 0 Å². The summed E-state index contributed by atoms with van der Waals surface area (Å²) in [6, 6.07) is 13.9. The quantitative estimate of drug-likeness (QED) is 0.696. The fourth-order valence-corrected chi connectivity index (χ4v) is 3.08. The van der Waals surface area contributed by atoms with Crippen LogP contribution in [0.1, 0.15) is 17.4 Å². The molecule has 23 heavy (non-hydrogen) atoms. The third-order valence-electron chi connectivity index (χ3n) is 3.77. The first kappa shape index (κ1) is 17.5. The largest absolute Gasteiger partial charge is 0.396 e. The molecule has 4 nitrogen and oxygen atoms in total. The molecule has 124 valence electrons. The minimum absolute atomic E-state index is 0.0252. The van der Waals surface area contributed by atoms with Gasteiger partial charge >= 0.3 is 6.03 Å². The van der Waals surface area contributed by atoms with Gasteiger partial charge in [0.05, 0.1) is 6.61 Å². The number of urea groups is 1. The molecule has 3 N–H and O–H groups in total. The van der Waals surface area contributed by atoms with Crippen LogP contribution in [0.4, 0.5) is 4.79 Å². The minimum Gasteiger partial charge on any atom is -0.396 e. The van der Waals surface area contributed by atoms with Crippen LogP contribution in [0.5, 0.6) is 0 Å². The van der Waals surface area contributed by atoms with Crippen LogP contribution in [0.15, 0.2) is 47.8 Å². The smallest absolute Gasteiger partial charge is 0.314 e. The molecule has 0 aliphatic rings. The zero-order valence-corrected chi connectivity index (χ0v) is 14.2. The lowest BCUT2D eigenvalue weighted by Gasteiger charge is -2.27. The van der Waals surface area contributed by atoms with E-state index in [4.69, 9.17) is 0 Å². The highest BCUT2D eigenvalue weighted by atomic mass is 32.1. The van der Waals surface area contributed by atoms with Gasteiger partial charge in [-0.3, -0.25) is 0 Å². The Morgan fingerprint density at radius 1 is 1.17 bits per heavy atom. The molecule has 2 aromatic rings. The van der Waals surface area contributed by atoms with Gasteiger partial charge in [-0.25, -0.2) is 4.79 Å². The summed E-state index contributed by atoms with van der Waals surface area (Å²) in [7, 11) is 0. The first-order chi connectivity index (χ1) is 11.1. The van der Waals surface area contributed by atoms with Crippen molar-refractivity contribution >= 4 is 17.4 Å². The molecular formula is C18H24N2O2S. The van der Waals surface area contributed by atoms with Gasteiger partial charge in [-0.15, -0.1) is 11.3 Å². The van der Waals surface area contributed by atoms with E-state index in [1.54, 1.807) is 11.3 Å². The number of benzene rings is 1. The number of carbonyl (C=O) groups excluding carboxylic acids is 1. The second kappa shape index (κ2) is 8.70. The summed E-state index contributed by atoms with van der Waals surface area (Å²) < 4.78 is 0. The van der Waals surface area contributed by atoms with E-state index in [9.17, 15) is 9.90 Å². The predicted molar refractivity (Wildman–Crippen MR) is 94.8 cm³/mol. The van der Waals surface area contributed by atoms with E-state index in [2.05, 4.69) is 16.7 Å². The lowest BCUT2D eigenvalue weighted by atomic mass is 9.84. The van der Waals surface area contributed by atoms with Crippen molar-refractivity contribution in [2.24, 2.45) is 5.41 Å². The maximum atomic E-state index is 11.9. The Kier molecular flexibility index (Phi) is 6.62. The molecule has 5 heteroatoms. The highest BCUT2D eigenvalue weighted by Gasteiger charge is 2.24. The van der Waals surface area contributed by atoms with Crippen LogP contribution in [-0.2, 0) is 12.8 Å². The summed E-state index contributed by atoms with van der Waals surface area (Å²) in [4.78, 5) is 13.1. The lowest BCUT2D eigenvalue weighted by molar-refractivity contribution is 0.140. The number of thiophene rings is 1. The summed E-state index contributed by atoms with van der Waals surface area (Å²) >= 11 is 1.69. The topological polar surface area (TPSA) is 61.4 Å². The van der Waals surface area contributed by atoms with E-state index >= 15 is 0 Å². The number of amides is 2. The Morgan fingerprint density at radius 2 is 1.96 bits per heavy atom. The highest BCUT2D eigenvalue weighted by Crippen LogP contribution is 2.21. The molecular weight excluding hydrogens is 308 g/mol. The van der Waals surface area contributed by atoms with Gasteiger partial charge in [0, 0.05) is 23.4 Å². The number of aliphatic hydroxyl groups excluding tert-OH is 1. The van der Waals surface area contributed by atoms with Gasteiger partial charge in [0.1, 0.15) is 0 Å². The monoisotopic (exact) mass is 332 g/mol. The van der Waals surface area contributed by atoms with Crippen LogP contribution in [0, 0.1) is 5.41 Å². The summed E-state index contributed by atoms with van der Waals surface area (Å²) in [6.07, 6.45) is 1.56. The number of rotatable bonds is 8. The van der Waals surface area contributed by atoms with Crippen molar-refractivity contribution in [3.63, 3.8) is 0 Å². The highest BCUT2D eigenvalue weighted by molar-refractivity contribution is 7.09.